The van der Waals surface area contributed by atoms with E-state index in [0.29, 0.717) is 16.1 Å². The maximum Gasteiger partial charge on any atom is 0.405 e. The van der Waals surface area contributed by atoms with Crippen LogP contribution >= 0.6 is 11.6 Å². The van der Waals surface area contributed by atoms with Crippen molar-refractivity contribution in [2.24, 2.45) is 0 Å². The van der Waals surface area contributed by atoms with E-state index in [1.165, 1.54) is 0 Å². The van der Waals surface area contributed by atoms with E-state index >= 15 is 0 Å². The molecule has 0 fully saturated rings. The molecule has 0 spiro atoms. The van der Waals surface area contributed by atoms with Crippen LogP contribution in [0, 0.1) is 0 Å². The third-order valence-corrected chi connectivity index (χ3v) is 2.14. The molecule has 2 N–H and O–H groups in total. The minimum absolute atomic E-state index is 0.0783. The molecule has 0 aliphatic carbocycles. The summed E-state index contributed by atoms with van der Waals surface area (Å²) in [6.45, 7) is -1.12. The van der Waals surface area contributed by atoms with E-state index < -0.39 is 12.7 Å². The van der Waals surface area contributed by atoms with Crippen molar-refractivity contribution in [3.63, 3.8) is 0 Å². The van der Waals surface area contributed by atoms with Crippen molar-refractivity contribution in [1.29, 1.82) is 0 Å². The van der Waals surface area contributed by atoms with Crippen molar-refractivity contribution in [2.45, 2.75) is 6.18 Å². The van der Waals surface area contributed by atoms with Crippen LogP contribution in [-0.4, -0.2) is 22.7 Å². The average Bonchev–Trinajstić information content (AvgIpc) is 2.55. The number of hydrogen-bond donors (Lipinski definition) is 2. The number of rotatable bonds is 2. The Balaban J connectivity index is 2.20. The molecule has 0 atom stereocenters. The Kier molecular flexibility index (Phi) is 2.67. The Bertz CT molecular complexity index is 506. The number of aromatic amines is 1. The van der Waals surface area contributed by atoms with Crippen LogP contribution in [0.15, 0.2) is 18.2 Å². The zero-order chi connectivity index (χ0) is 11.8. The Morgan fingerprint density at radius 3 is 2.81 bits per heavy atom. The predicted octanol–water partition coefficient (Wildman–Crippen LogP) is 3.19. The predicted molar refractivity (Wildman–Crippen MR) is 55.6 cm³/mol. The first-order valence-electron chi connectivity index (χ1n) is 4.40. The van der Waals surface area contributed by atoms with Crippen LogP contribution in [0.1, 0.15) is 0 Å². The fraction of sp³-hybridized carbons (Fsp3) is 0.222. The number of nitrogens with zero attached hydrogens (tertiary/aromatic N) is 1. The van der Waals surface area contributed by atoms with Crippen molar-refractivity contribution in [3.8, 4) is 0 Å². The molecule has 0 amide bonds. The fourth-order valence-electron chi connectivity index (χ4n) is 1.25. The van der Waals surface area contributed by atoms with Crippen LogP contribution in [0.3, 0.4) is 0 Å². The number of halogens is 4. The SMILES string of the molecule is FC(F)(F)CNc1nc2ccc(Cl)cc2[nH]1. The van der Waals surface area contributed by atoms with Crippen molar-refractivity contribution in [2.75, 3.05) is 11.9 Å². The summed E-state index contributed by atoms with van der Waals surface area (Å²) in [4.78, 5) is 6.63. The molecule has 2 aromatic rings. The number of H-pyrrole nitrogens is 1. The highest BCUT2D eigenvalue weighted by atomic mass is 35.5. The smallest absolute Gasteiger partial charge is 0.347 e. The number of aromatic nitrogens is 2. The minimum atomic E-state index is -4.27. The Morgan fingerprint density at radius 1 is 1.38 bits per heavy atom. The lowest BCUT2D eigenvalue weighted by Crippen LogP contribution is -2.21. The molecule has 86 valence electrons. The van der Waals surface area contributed by atoms with Crippen LogP contribution in [0.25, 0.3) is 11.0 Å². The second kappa shape index (κ2) is 3.86. The zero-order valence-corrected chi connectivity index (χ0v) is 8.65. The van der Waals surface area contributed by atoms with Crippen LogP contribution in [0.5, 0.6) is 0 Å². The highest BCUT2D eigenvalue weighted by molar-refractivity contribution is 6.31. The first-order valence-corrected chi connectivity index (χ1v) is 4.78. The first kappa shape index (κ1) is 11.1. The Labute approximate surface area is 93.6 Å². The molecule has 0 aliphatic heterocycles. The summed E-state index contributed by atoms with van der Waals surface area (Å²) < 4.78 is 35.8. The standard InChI is InChI=1S/C9H7ClF3N3/c10-5-1-2-6-7(3-5)16-8(15-6)14-4-9(11,12)13/h1-3H,4H2,(H2,14,15,16). The lowest BCUT2D eigenvalue weighted by atomic mass is 10.3. The lowest BCUT2D eigenvalue weighted by Gasteiger charge is -2.05. The molecule has 0 aliphatic rings. The van der Waals surface area contributed by atoms with E-state index in [4.69, 9.17) is 11.6 Å². The number of benzene rings is 1. The van der Waals surface area contributed by atoms with Gasteiger partial charge in [-0.25, -0.2) is 4.98 Å². The van der Waals surface area contributed by atoms with Gasteiger partial charge < -0.3 is 10.3 Å². The van der Waals surface area contributed by atoms with Crippen molar-refractivity contribution < 1.29 is 13.2 Å². The average molecular weight is 250 g/mol. The Morgan fingerprint density at radius 2 is 2.12 bits per heavy atom. The van der Waals surface area contributed by atoms with Gasteiger partial charge in [0.05, 0.1) is 11.0 Å². The molecule has 0 saturated heterocycles. The van der Waals surface area contributed by atoms with Gasteiger partial charge in [0.2, 0.25) is 5.95 Å². The third-order valence-electron chi connectivity index (χ3n) is 1.90. The van der Waals surface area contributed by atoms with Gasteiger partial charge in [-0.05, 0) is 18.2 Å². The van der Waals surface area contributed by atoms with Gasteiger partial charge >= 0.3 is 6.18 Å². The van der Waals surface area contributed by atoms with Gasteiger partial charge in [-0.1, -0.05) is 11.6 Å². The molecule has 0 saturated carbocycles. The van der Waals surface area contributed by atoms with Gasteiger partial charge in [-0.15, -0.1) is 0 Å². The summed E-state index contributed by atoms with van der Waals surface area (Å²) in [5.74, 6) is 0.0783. The van der Waals surface area contributed by atoms with Crippen LogP contribution in [-0.2, 0) is 0 Å². The number of alkyl halides is 3. The molecule has 0 radical (unpaired) electrons. The van der Waals surface area contributed by atoms with E-state index in [2.05, 4.69) is 15.3 Å². The zero-order valence-electron chi connectivity index (χ0n) is 7.90. The third kappa shape index (κ3) is 2.57. The topological polar surface area (TPSA) is 40.7 Å². The first-order chi connectivity index (χ1) is 7.44. The summed E-state index contributed by atoms with van der Waals surface area (Å²) in [7, 11) is 0. The van der Waals surface area contributed by atoms with Gasteiger partial charge in [-0.3, -0.25) is 0 Å². The van der Waals surface area contributed by atoms with E-state index in [-0.39, 0.29) is 5.95 Å². The normalized spacial score (nSPS) is 12.0. The lowest BCUT2D eigenvalue weighted by molar-refractivity contribution is -0.115. The summed E-state index contributed by atoms with van der Waals surface area (Å²) in [5.41, 5.74) is 1.16. The van der Waals surface area contributed by atoms with Crippen molar-refractivity contribution in [1.82, 2.24) is 9.97 Å². The molecule has 1 aromatic carbocycles. The number of nitrogens with one attached hydrogen (secondary N) is 2. The minimum Gasteiger partial charge on any atom is -0.347 e. The molecule has 3 nitrogen and oxygen atoms in total. The molecule has 0 bridgehead atoms. The molecular formula is C9H7ClF3N3. The maximum absolute atomic E-state index is 11.9. The molecule has 1 heterocycles. The van der Waals surface area contributed by atoms with Gasteiger partial charge in [-0.2, -0.15) is 13.2 Å². The number of anilines is 1. The largest absolute Gasteiger partial charge is 0.405 e. The van der Waals surface area contributed by atoms with Crippen molar-refractivity contribution >= 4 is 28.6 Å². The van der Waals surface area contributed by atoms with Gasteiger partial charge in [0.1, 0.15) is 6.54 Å². The highest BCUT2D eigenvalue weighted by Crippen LogP contribution is 2.20. The molecule has 0 unspecified atom stereocenters. The molecule has 7 heteroatoms. The number of fused-ring (bicyclic) bond motifs is 1. The second-order valence-electron chi connectivity index (χ2n) is 3.22. The summed E-state index contributed by atoms with van der Waals surface area (Å²) in [6.07, 6.45) is -4.27. The summed E-state index contributed by atoms with van der Waals surface area (Å²) in [6, 6.07) is 4.86. The maximum atomic E-state index is 11.9. The van der Waals surface area contributed by atoms with Crippen LogP contribution in [0.4, 0.5) is 19.1 Å². The number of hydrogen-bond acceptors (Lipinski definition) is 2. The Hall–Kier alpha value is -1.43. The fourth-order valence-corrected chi connectivity index (χ4v) is 1.42. The highest BCUT2D eigenvalue weighted by Gasteiger charge is 2.27. The summed E-state index contributed by atoms with van der Waals surface area (Å²) >= 11 is 5.73. The summed E-state index contributed by atoms with van der Waals surface area (Å²) in [5, 5.41) is 2.66. The van der Waals surface area contributed by atoms with Crippen molar-refractivity contribution in [3.05, 3.63) is 23.2 Å². The van der Waals surface area contributed by atoms with E-state index in [0.717, 1.165) is 0 Å². The van der Waals surface area contributed by atoms with Crippen LogP contribution in [0.2, 0.25) is 5.02 Å². The quantitative estimate of drug-likeness (QED) is 0.858. The molecular weight excluding hydrogens is 243 g/mol. The van der Waals surface area contributed by atoms with Crippen LogP contribution < -0.4 is 5.32 Å². The van der Waals surface area contributed by atoms with Gasteiger partial charge in [0, 0.05) is 5.02 Å². The van der Waals surface area contributed by atoms with E-state index in [9.17, 15) is 13.2 Å². The number of imidazole rings is 1. The molecule has 2 rings (SSSR count). The van der Waals surface area contributed by atoms with E-state index in [1.807, 2.05) is 0 Å². The second-order valence-corrected chi connectivity index (χ2v) is 3.65. The molecule has 1 aromatic heterocycles. The molecule has 16 heavy (non-hydrogen) atoms. The van der Waals surface area contributed by atoms with E-state index in [1.54, 1.807) is 18.2 Å². The van der Waals surface area contributed by atoms with Gasteiger partial charge in [0.15, 0.2) is 0 Å². The van der Waals surface area contributed by atoms with Gasteiger partial charge in [0.25, 0.3) is 0 Å². The monoisotopic (exact) mass is 249 g/mol.